The van der Waals surface area contributed by atoms with Crippen molar-refractivity contribution in [2.45, 2.75) is 40.0 Å². The second-order valence-corrected chi connectivity index (χ2v) is 4.24. The summed E-state index contributed by atoms with van der Waals surface area (Å²) in [7, 11) is 0. The molecule has 1 heteroatoms. The summed E-state index contributed by atoms with van der Waals surface area (Å²) < 4.78 is 1.24. The minimum Gasteiger partial charge on any atom is -0.0887 e. The van der Waals surface area contributed by atoms with Crippen molar-refractivity contribution >= 4 is 22.6 Å². The lowest BCUT2D eigenvalue weighted by Crippen LogP contribution is -1.80. The zero-order valence-electron chi connectivity index (χ0n) is 8.36. The molecule has 0 bridgehead atoms. The molecule has 0 unspecified atom stereocenters. The molecule has 0 radical (unpaired) electrons. The molecule has 0 atom stereocenters. The average molecular weight is 278 g/mol. The van der Waals surface area contributed by atoms with Crippen LogP contribution in [0.4, 0.5) is 0 Å². The zero-order valence-corrected chi connectivity index (χ0v) is 10.5. The molecule has 0 N–H and O–H groups in total. The maximum absolute atomic E-state index is 2.42. The molecule has 0 aromatic carbocycles. The highest BCUT2D eigenvalue weighted by molar-refractivity contribution is 14.1. The van der Waals surface area contributed by atoms with Gasteiger partial charge >= 0.3 is 0 Å². The summed E-state index contributed by atoms with van der Waals surface area (Å²) in [6, 6.07) is 0. The van der Waals surface area contributed by atoms with E-state index in [1.807, 2.05) is 0 Å². The van der Waals surface area contributed by atoms with Gasteiger partial charge in [0.05, 0.1) is 0 Å². The Balaban J connectivity index is 3.59. The van der Waals surface area contributed by atoms with Gasteiger partial charge in [-0.1, -0.05) is 45.9 Å². The first-order chi connectivity index (χ1) is 5.70. The number of halogens is 1. The second-order valence-electron chi connectivity index (χ2n) is 3.16. The molecule has 0 aliphatic rings. The Morgan fingerprint density at radius 1 is 1.17 bits per heavy atom. The molecule has 0 aromatic heterocycles. The van der Waals surface area contributed by atoms with E-state index >= 15 is 0 Å². The number of alkyl halides is 1. The Labute approximate surface area is 90.3 Å². The van der Waals surface area contributed by atoms with Gasteiger partial charge in [-0.25, -0.2) is 0 Å². The number of hydrogen-bond donors (Lipinski definition) is 0. The molecule has 0 saturated heterocycles. The summed E-state index contributed by atoms with van der Waals surface area (Å²) in [6.45, 7) is 6.53. The number of allylic oxidation sites excluding steroid dienone is 4. The Morgan fingerprint density at radius 3 is 2.33 bits per heavy atom. The summed E-state index contributed by atoms with van der Waals surface area (Å²) >= 11 is 2.42. The van der Waals surface area contributed by atoms with E-state index in [1.54, 1.807) is 0 Å². The SMILES string of the molecule is C/C=C(\C)CC/C=C(\C)CCI. The van der Waals surface area contributed by atoms with Crippen LogP contribution in [0.15, 0.2) is 23.3 Å². The van der Waals surface area contributed by atoms with Crippen LogP contribution in [0.3, 0.4) is 0 Å². The first-order valence-corrected chi connectivity index (χ1v) is 6.06. The topological polar surface area (TPSA) is 0 Å². The van der Waals surface area contributed by atoms with Gasteiger partial charge in [0.2, 0.25) is 0 Å². The van der Waals surface area contributed by atoms with Crippen LogP contribution in [0.2, 0.25) is 0 Å². The third-order valence-electron chi connectivity index (χ3n) is 2.01. The predicted octanol–water partition coefficient (Wildman–Crippen LogP) is 4.50. The largest absolute Gasteiger partial charge is 0.0887 e. The van der Waals surface area contributed by atoms with Crippen LogP contribution in [0.1, 0.15) is 40.0 Å². The summed E-state index contributed by atoms with van der Waals surface area (Å²) in [6.07, 6.45) is 8.23. The van der Waals surface area contributed by atoms with E-state index in [-0.39, 0.29) is 0 Å². The van der Waals surface area contributed by atoms with E-state index in [2.05, 4.69) is 55.5 Å². The van der Waals surface area contributed by atoms with Crippen molar-refractivity contribution in [1.82, 2.24) is 0 Å². The highest BCUT2D eigenvalue weighted by Crippen LogP contribution is 2.09. The fourth-order valence-electron chi connectivity index (χ4n) is 0.942. The molecule has 0 spiro atoms. The molecule has 0 aliphatic heterocycles. The standard InChI is InChI=1S/C11H19I/c1-4-10(2)6-5-7-11(3)8-9-12/h4,7H,5-6,8-9H2,1-3H3/b10-4+,11-7+. The molecule has 12 heavy (non-hydrogen) atoms. The van der Waals surface area contributed by atoms with Crippen molar-refractivity contribution in [1.29, 1.82) is 0 Å². The summed E-state index contributed by atoms with van der Waals surface area (Å²) in [5.41, 5.74) is 3.03. The van der Waals surface area contributed by atoms with Gasteiger partial charge in [0.15, 0.2) is 0 Å². The maximum atomic E-state index is 2.42. The minimum atomic E-state index is 1.21. The van der Waals surface area contributed by atoms with Gasteiger partial charge in [-0.15, -0.1) is 0 Å². The Bertz CT molecular complexity index is 166. The zero-order chi connectivity index (χ0) is 9.40. The van der Waals surface area contributed by atoms with Gasteiger partial charge < -0.3 is 0 Å². The molecule has 0 fully saturated rings. The molecular weight excluding hydrogens is 259 g/mol. The Hall–Kier alpha value is 0.210. The van der Waals surface area contributed by atoms with Crippen LogP contribution in [-0.4, -0.2) is 4.43 Å². The van der Waals surface area contributed by atoms with E-state index in [0.717, 1.165) is 0 Å². The van der Waals surface area contributed by atoms with E-state index in [9.17, 15) is 0 Å². The summed E-state index contributed by atoms with van der Waals surface area (Å²) in [5, 5.41) is 0. The van der Waals surface area contributed by atoms with E-state index in [1.165, 1.54) is 34.8 Å². The Kier molecular flexibility index (Phi) is 7.98. The van der Waals surface area contributed by atoms with Crippen LogP contribution >= 0.6 is 22.6 Å². The van der Waals surface area contributed by atoms with Crippen LogP contribution in [0.25, 0.3) is 0 Å². The average Bonchev–Trinajstić information content (AvgIpc) is 2.04. The third kappa shape index (κ3) is 6.89. The molecule has 0 nitrogen and oxygen atoms in total. The molecule has 0 aliphatic carbocycles. The van der Waals surface area contributed by atoms with Crippen molar-refractivity contribution in [3.05, 3.63) is 23.3 Å². The predicted molar refractivity (Wildman–Crippen MR) is 65.9 cm³/mol. The van der Waals surface area contributed by atoms with Crippen LogP contribution in [-0.2, 0) is 0 Å². The fraction of sp³-hybridized carbons (Fsp3) is 0.636. The highest BCUT2D eigenvalue weighted by atomic mass is 127. The number of rotatable bonds is 5. The molecule has 0 saturated carbocycles. The van der Waals surface area contributed by atoms with Crippen LogP contribution in [0.5, 0.6) is 0 Å². The minimum absolute atomic E-state index is 1.21. The van der Waals surface area contributed by atoms with Gasteiger partial charge in [0, 0.05) is 4.43 Å². The van der Waals surface area contributed by atoms with E-state index in [4.69, 9.17) is 0 Å². The van der Waals surface area contributed by atoms with Crippen molar-refractivity contribution in [2.24, 2.45) is 0 Å². The van der Waals surface area contributed by atoms with Gasteiger partial charge in [-0.2, -0.15) is 0 Å². The van der Waals surface area contributed by atoms with Crippen LogP contribution < -0.4 is 0 Å². The van der Waals surface area contributed by atoms with Gasteiger partial charge in [-0.05, 0) is 40.0 Å². The second kappa shape index (κ2) is 7.84. The first kappa shape index (κ1) is 12.2. The lowest BCUT2D eigenvalue weighted by atomic mass is 10.1. The van der Waals surface area contributed by atoms with Crippen molar-refractivity contribution in [3.8, 4) is 0 Å². The van der Waals surface area contributed by atoms with Gasteiger partial charge in [0.1, 0.15) is 0 Å². The van der Waals surface area contributed by atoms with Gasteiger partial charge in [-0.3, -0.25) is 0 Å². The van der Waals surface area contributed by atoms with Crippen molar-refractivity contribution in [2.75, 3.05) is 4.43 Å². The summed E-state index contributed by atoms with van der Waals surface area (Å²) in [4.78, 5) is 0. The third-order valence-corrected chi connectivity index (χ3v) is 2.55. The first-order valence-electron chi connectivity index (χ1n) is 4.54. The quantitative estimate of drug-likeness (QED) is 0.394. The molecule has 0 aromatic rings. The number of hydrogen-bond acceptors (Lipinski definition) is 0. The van der Waals surface area contributed by atoms with E-state index in [0.29, 0.717) is 0 Å². The van der Waals surface area contributed by atoms with Crippen LogP contribution in [0, 0.1) is 0 Å². The monoisotopic (exact) mass is 278 g/mol. The molecular formula is C11H19I. The van der Waals surface area contributed by atoms with Gasteiger partial charge in [0.25, 0.3) is 0 Å². The van der Waals surface area contributed by atoms with Crippen molar-refractivity contribution < 1.29 is 0 Å². The molecule has 0 rings (SSSR count). The maximum Gasteiger partial charge on any atom is 0.00324 e. The highest BCUT2D eigenvalue weighted by Gasteiger charge is 1.89. The molecule has 0 heterocycles. The lowest BCUT2D eigenvalue weighted by molar-refractivity contribution is 0.951. The smallest absolute Gasteiger partial charge is 0.00324 e. The van der Waals surface area contributed by atoms with Crippen molar-refractivity contribution in [3.63, 3.8) is 0 Å². The Morgan fingerprint density at radius 2 is 1.83 bits per heavy atom. The normalized spacial score (nSPS) is 13.7. The van der Waals surface area contributed by atoms with E-state index < -0.39 is 0 Å². The molecule has 70 valence electrons. The fourth-order valence-corrected chi connectivity index (χ4v) is 1.79. The lowest BCUT2D eigenvalue weighted by Gasteiger charge is -1.98. The summed E-state index contributed by atoms with van der Waals surface area (Å²) in [5.74, 6) is 0. The molecule has 0 amide bonds.